The zero-order valence-corrected chi connectivity index (χ0v) is 10.5. The molecule has 5 nitrogen and oxygen atoms in total. The maximum Gasteiger partial charge on any atom is 0.292 e. The molecular formula is C11H7BrFN3O2. The number of pyridine rings is 1. The molecule has 1 aromatic heterocycles. The molecule has 0 fully saturated rings. The van der Waals surface area contributed by atoms with Crippen LogP contribution in [-0.4, -0.2) is 9.91 Å². The van der Waals surface area contributed by atoms with Crippen LogP contribution in [0.15, 0.2) is 41.1 Å². The van der Waals surface area contributed by atoms with E-state index in [0.717, 1.165) is 18.2 Å². The summed E-state index contributed by atoms with van der Waals surface area (Å²) in [5.74, 6) is -0.553. The highest BCUT2D eigenvalue weighted by atomic mass is 79.9. The number of nitrogens with one attached hydrogen (secondary N) is 1. The number of hydrogen-bond donors (Lipinski definition) is 1. The molecule has 0 aliphatic carbocycles. The summed E-state index contributed by atoms with van der Waals surface area (Å²) in [5, 5.41) is 13.6. The van der Waals surface area contributed by atoms with Gasteiger partial charge in [0.1, 0.15) is 11.5 Å². The van der Waals surface area contributed by atoms with Crippen LogP contribution in [0, 0.1) is 15.9 Å². The Kier molecular flexibility index (Phi) is 3.52. The first-order valence-corrected chi connectivity index (χ1v) is 5.67. The van der Waals surface area contributed by atoms with Crippen LogP contribution >= 0.6 is 15.9 Å². The topological polar surface area (TPSA) is 68.1 Å². The Balaban J connectivity index is 2.42. The van der Waals surface area contributed by atoms with E-state index in [1.54, 1.807) is 12.3 Å². The highest BCUT2D eigenvalue weighted by molar-refractivity contribution is 9.10. The number of halogens is 2. The lowest BCUT2D eigenvalue weighted by Gasteiger charge is -2.08. The van der Waals surface area contributed by atoms with Crippen molar-refractivity contribution in [3.8, 4) is 0 Å². The summed E-state index contributed by atoms with van der Waals surface area (Å²) in [4.78, 5) is 14.1. The van der Waals surface area contributed by atoms with E-state index in [2.05, 4.69) is 26.2 Å². The normalized spacial score (nSPS) is 10.1. The minimum absolute atomic E-state index is 0.0775. The maximum absolute atomic E-state index is 13.1. The second-order valence-corrected chi connectivity index (χ2v) is 4.25. The number of nitro benzene ring substituents is 1. The molecule has 92 valence electrons. The van der Waals surface area contributed by atoms with E-state index in [0.29, 0.717) is 10.2 Å². The number of anilines is 2. The molecule has 1 aromatic carbocycles. The first kappa shape index (κ1) is 12.4. The Morgan fingerprint density at radius 3 is 2.78 bits per heavy atom. The van der Waals surface area contributed by atoms with E-state index >= 15 is 0 Å². The highest BCUT2D eigenvalue weighted by Crippen LogP contribution is 2.30. The fourth-order valence-electron chi connectivity index (χ4n) is 1.38. The Labute approximate surface area is 110 Å². The van der Waals surface area contributed by atoms with E-state index in [1.807, 2.05) is 0 Å². The Bertz CT molecular complexity index is 607. The number of nitro groups is 1. The molecule has 1 N–H and O–H groups in total. The van der Waals surface area contributed by atoms with Crippen LogP contribution in [0.25, 0.3) is 0 Å². The van der Waals surface area contributed by atoms with Crippen molar-refractivity contribution in [3.63, 3.8) is 0 Å². The van der Waals surface area contributed by atoms with E-state index in [4.69, 9.17) is 0 Å². The molecule has 1 heterocycles. The molecule has 18 heavy (non-hydrogen) atoms. The van der Waals surface area contributed by atoms with Crippen molar-refractivity contribution in [1.82, 2.24) is 4.98 Å². The van der Waals surface area contributed by atoms with E-state index in [1.165, 1.54) is 6.20 Å². The van der Waals surface area contributed by atoms with Gasteiger partial charge in [-0.25, -0.2) is 4.39 Å². The Morgan fingerprint density at radius 2 is 2.11 bits per heavy atom. The van der Waals surface area contributed by atoms with Crippen molar-refractivity contribution in [2.24, 2.45) is 0 Å². The van der Waals surface area contributed by atoms with Crippen LogP contribution in [0.2, 0.25) is 0 Å². The second-order valence-electron chi connectivity index (χ2n) is 3.40. The monoisotopic (exact) mass is 311 g/mol. The fourth-order valence-corrected chi connectivity index (χ4v) is 1.70. The summed E-state index contributed by atoms with van der Waals surface area (Å²) in [7, 11) is 0. The third-order valence-electron chi connectivity index (χ3n) is 2.19. The largest absolute Gasteiger partial charge is 0.348 e. The predicted octanol–water partition coefficient (Wildman–Crippen LogP) is 3.64. The number of rotatable bonds is 3. The van der Waals surface area contributed by atoms with Crippen molar-refractivity contribution in [1.29, 1.82) is 0 Å². The molecule has 0 bridgehead atoms. The van der Waals surface area contributed by atoms with Gasteiger partial charge in [0.15, 0.2) is 0 Å². The SMILES string of the molecule is O=[N+]([O-])c1ccc(F)cc1Nc1cnccc1Br. The van der Waals surface area contributed by atoms with Gasteiger partial charge in [-0.1, -0.05) is 0 Å². The van der Waals surface area contributed by atoms with Gasteiger partial charge in [-0.2, -0.15) is 0 Å². The van der Waals surface area contributed by atoms with E-state index in [-0.39, 0.29) is 11.4 Å². The summed E-state index contributed by atoms with van der Waals surface area (Å²) < 4.78 is 13.8. The zero-order valence-electron chi connectivity index (χ0n) is 8.93. The zero-order chi connectivity index (χ0) is 13.1. The van der Waals surface area contributed by atoms with Gasteiger partial charge in [-0.3, -0.25) is 15.1 Å². The molecule has 0 amide bonds. The van der Waals surface area contributed by atoms with Gasteiger partial charge in [0, 0.05) is 22.8 Å². The van der Waals surface area contributed by atoms with Crippen LogP contribution in [0.4, 0.5) is 21.5 Å². The Hall–Kier alpha value is -2.02. The van der Waals surface area contributed by atoms with Gasteiger partial charge in [0.25, 0.3) is 5.69 Å². The quantitative estimate of drug-likeness (QED) is 0.694. The number of benzene rings is 1. The van der Waals surface area contributed by atoms with Crippen LogP contribution in [-0.2, 0) is 0 Å². The number of nitrogens with zero attached hydrogens (tertiary/aromatic N) is 2. The van der Waals surface area contributed by atoms with Crippen LogP contribution in [0.5, 0.6) is 0 Å². The molecule has 0 radical (unpaired) electrons. The summed E-state index contributed by atoms with van der Waals surface area (Å²) >= 11 is 3.27. The summed E-state index contributed by atoms with van der Waals surface area (Å²) in [5.41, 5.74) is 0.395. The molecule has 2 aromatic rings. The average Bonchev–Trinajstić information content (AvgIpc) is 2.32. The lowest BCUT2D eigenvalue weighted by atomic mass is 10.2. The molecule has 0 atom stereocenters. The molecule has 0 aliphatic rings. The summed E-state index contributed by atoms with van der Waals surface area (Å²) in [6.45, 7) is 0. The maximum atomic E-state index is 13.1. The van der Waals surface area contributed by atoms with Crippen molar-refractivity contribution in [2.45, 2.75) is 0 Å². The molecular weight excluding hydrogens is 305 g/mol. The lowest BCUT2D eigenvalue weighted by molar-refractivity contribution is -0.384. The standard InChI is InChI=1S/C11H7BrFN3O2/c12-8-3-4-14-6-10(8)15-9-5-7(13)1-2-11(9)16(17)18/h1-6,15H. The molecule has 0 saturated carbocycles. The van der Waals surface area contributed by atoms with Gasteiger partial charge in [-0.05, 0) is 28.1 Å². The van der Waals surface area contributed by atoms with Crippen LogP contribution in [0.3, 0.4) is 0 Å². The van der Waals surface area contributed by atoms with Crippen LogP contribution < -0.4 is 5.32 Å². The van der Waals surface area contributed by atoms with Gasteiger partial charge in [0.2, 0.25) is 0 Å². The van der Waals surface area contributed by atoms with Crippen molar-refractivity contribution < 1.29 is 9.31 Å². The smallest absolute Gasteiger partial charge is 0.292 e. The first-order valence-electron chi connectivity index (χ1n) is 4.88. The molecule has 2 rings (SSSR count). The fraction of sp³-hybridized carbons (Fsp3) is 0. The molecule has 0 unspecified atom stereocenters. The Morgan fingerprint density at radius 1 is 1.33 bits per heavy atom. The molecule has 0 saturated heterocycles. The second kappa shape index (κ2) is 5.09. The highest BCUT2D eigenvalue weighted by Gasteiger charge is 2.15. The van der Waals surface area contributed by atoms with Crippen molar-refractivity contribution in [3.05, 3.63) is 57.1 Å². The van der Waals surface area contributed by atoms with E-state index in [9.17, 15) is 14.5 Å². The predicted molar refractivity (Wildman–Crippen MR) is 68.3 cm³/mol. The molecule has 7 heteroatoms. The number of hydrogen-bond acceptors (Lipinski definition) is 4. The van der Waals surface area contributed by atoms with Gasteiger partial charge in [0.05, 0.1) is 16.8 Å². The number of aromatic nitrogens is 1. The molecule has 0 spiro atoms. The third-order valence-corrected chi connectivity index (χ3v) is 2.88. The van der Waals surface area contributed by atoms with Gasteiger partial charge >= 0.3 is 0 Å². The lowest BCUT2D eigenvalue weighted by Crippen LogP contribution is -1.98. The average molecular weight is 312 g/mol. The summed E-state index contributed by atoms with van der Waals surface area (Å²) in [6, 6.07) is 4.90. The van der Waals surface area contributed by atoms with Crippen LogP contribution in [0.1, 0.15) is 0 Å². The van der Waals surface area contributed by atoms with Gasteiger partial charge < -0.3 is 5.32 Å². The first-order chi connectivity index (χ1) is 8.58. The molecule has 0 aliphatic heterocycles. The minimum Gasteiger partial charge on any atom is -0.348 e. The van der Waals surface area contributed by atoms with Gasteiger partial charge in [-0.15, -0.1) is 0 Å². The third kappa shape index (κ3) is 2.62. The van der Waals surface area contributed by atoms with Crippen molar-refractivity contribution in [2.75, 3.05) is 5.32 Å². The van der Waals surface area contributed by atoms with Crippen molar-refractivity contribution >= 4 is 33.0 Å². The van der Waals surface area contributed by atoms with E-state index < -0.39 is 10.7 Å². The summed E-state index contributed by atoms with van der Waals surface area (Å²) in [6.07, 6.45) is 3.05. The minimum atomic E-state index is -0.577.